The van der Waals surface area contributed by atoms with E-state index in [2.05, 4.69) is 4.99 Å². The normalized spacial score (nSPS) is 11.8. The van der Waals surface area contributed by atoms with Gasteiger partial charge in [-0.15, -0.1) is 0 Å². The maximum atomic E-state index is 11.5. The predicted molar refractivity (Wildman–Crippen MR) is 63.2 cm³/mol. The average molecular weight is 254 g/mol. The first-order valence-corrected chi connectivity index (χ1v) is 5.62. The van der Waals surface area contributed by atoms with Gasteiger partial charge in [0.15, 0.2) is 0 Å². The Balaban J connectivity index is 3.14. The van der Waals surface area contributed by atoms with Crippen molar-refractivity contribution >= 4 is 6.08 Å². The Kier molecular flexibility index (Phi) is 5.01. The number of hydrogen-bond donors (Lipinski definition) is 2. The summed E-state index contributed by atoms with van der Waals surface area (Å²) in [7, 11) is 0. The van der Waals surface area contributed by atoms with E-state index in [1.165, 1.54) is 6.08 Å². The number of isocyanates is 1. The number of nitrogens with one attached hydrogen (secondary N) is 2. The van der Waals surface area contributed by atoms with Crippen LogP contribution in [0.25, 0.3) is 0 Å². The molecule has 2 N–H and O–H groups in total. The van der Waals surface area contributed by atoms with Crippen LogP contribution in [0.4, 0.5) is 0 Å². The number of H-pyrrole nitrogens is 2. The number of aromatic nitrogens is 3. The van der Waals surface area contributed by atoms with Gasteiger partial charge < -0.3 is 0 Å². The topological polar surface area (TPSA) is 117 Å². The largest absolute Gasteiger partial charge is 0.335 e. The van der Waals surface area contributed by atoms with Crippen LogP contribution in [-0.2, 0) is 4.79 Å². The van der Waals surface area contributed by atoms with Gasteiger partial charge in [-0.05, 0) is 12.8 Å². The van der Waals surface area contributed by atoms with Crippen molar-refractivity contribution in [2.45, 2.75) is 38.8 Å². The highest BCUT2D eigenvalue weighted by molar-refractivity contribution is 5.33. The van der Waals surface area contributed by atoms with Gasteiger partial charge in [0, 0.05) is 0 Å². The first kappa shape index (κ1) is 13.9. The Hall–Kier alpha value is -2.21. The maximum Gasteiger partial charge on any atom is 0.335 e. The lowest BCUT2D eigenvalue weighted by Gasteiger charge is -2.11. The standard InChI is InChI=1S/C10H14N4O4/c1-2-3-4-5-7(11-6-15)14-9(17)12-8(16)13-10(14)18/h7H,2-5H2,1H3,(H2,12,13,16,17,18). The van der Waals surface area contributed by atoms with Crippen molar-refractivity contribution in [2.24, 2.45) is 4.99 Å². The zero-order valence-electron chi connectivity index (χ0n) is 9.93. The van der Waals surface area contributed by atoms with Crippen LogP contribution in [-0.4, -0.2) is 20.6 Å². The van der Waals surface area contributed by atoms with E-state index in [1.54, 1.807) is 0 Å². The molecule has 1 aromatic heterocycles. The zero-order valence-corrected chi connectivity index (χ0v) is 9.93. The van der Waals surface area contributed by atoms with Crippen molar-refractivity contribution in [1.82, 2.24) is 14.5 Å². The lowest BCUT2D eigenvalue weighted by molar-refractivity contribution is 0.417. The summed E-state index contributed by atoms with van der Waals surface area (Å²) >= 11 is 0. The highest BCUT2D eigenvalue weighted by Crippen LogP contribution is 2.12. The first-order valence-electron chi connectivity index (χ1n) is 5.62. The minimum Gasteiger partial charge on any atom is -0.259 e. The molecular weight excluding hydrogens is 240 g/mol. The number of carbonyl (C=O) groups excluding carboxylic acids is 1. The van der Waals surface area contributed by atoms with Crippen LogP contribution in [0.3, 0.4) is 0 Å². The predicted octanol–water partition coefficient (Wildman–Crippen LogP) is -0.360. The lowest BCUT2D eigenvalue weighted by atomic mass is 10.2. The quantitative estimate of drug-likeness (QED) is 0.409. The Morgan fingerprint density at radius 2 is 1.83 bits per heavy atom. The molecule has 0 aliphatic rings. The fraction of sp³-hybridized carbons (Fsp3) is 0.600. The summed E-state index contributed by atoms with van der Waals surface area (Å²) in [6, 6.07) is 0. The highest BCUT2D eigenvalue weighted by atomic mass is 16.2. The Morgan fingerprint density at radius 3 is 2.33 bits per heavy atom. The molecule has 1 aromatic rings. The molecule has 8 nitrogen and oxygen atoms in total. The molecule has 1 rings (SSSR count). The van der Waals surface area contributed by atoms with Crippen LogP contribution in [0.2, 0.25) is 0 Å². The van der Waals surface area contributed by atoms with Gasteiger partial charge in [-0.25, -0.2) is 23.7 Å². The Labute approximate surface area is 101 Å². The summed E-state index contributed by atoms with van der Waals surface area (Å²) in [4.78, 5) is 51.5. The molecule has 98 valence electrons. The molecule has 0 saturated heterocycles. The van der Waals surface area contributed by atoms with Crippen LogP contribution in [0, 0.1) is 0 Å². The third-order valence-electron chi connectivity index (χ3n) is 2.44. The molecule has 0 amide bonds. The molecule has 0 aliphatic carbocycles. The van der Waals surface area contributed by atoms with Gasteiger partial charge in [0.2, 0.25) is 6.08 Å². The molecule has 1 atom stereocenters. The van der Waals surface area contributed by atoms with E-state index in [9.17, 15) is 19.2 Å². The maximum absolute atomic E-state index is 11.5. The van der Waals surface area contributed by atoms with E-state index < -0.39 is 23.2 Å². The summed E-state index contributed by atoms with van der Waals surface area (Å²) in [5, 5.41) is 0. The van der Waals surface area contributed by atoms with Crippen molar-refractivity contribution < 1.29 is 4.79 Å². The third kappa shape index (κ3) is 3.39. The Bertz CT molecular complexity index is 571. The number of hydrogen-bond acceptors (Lipinski definition) is 5. The van der Waals surface area contributed by atoms with Crippen LogP contribution >= 0.6 is 0 Å². The van der Waals surface area contributed by atoms with Gasteiger partial charge in [0.05, 0.1) is 0 Å². The molecule has 0 saturated carbocycles. The lowest BCUT2D eigenvalue weighted by Crippen LogP contribution is -2.44. The molecular formula is C10H14N4O4. The van der Waals surface area contributed by atoms with E-state index in [-0.39, 0.29) is 0 Å². The van der Waals surface area contributed by atoms with E-state index >= 15 is 0 Å². The summed E-state index contributed by atoms with van der Waals surface area (Å²) < 4.78 is 0.710. The van der Waals surface area contributed by atoms with Crippen LogP contribution in [0.1, 0.15) is 38.8 Å². The fourth-order valence-corrected chi connectivity index (χ4v) is 1.60. The molecule has 0 radical (unpaired) electrons. The van der Waals surface area contributed by atoms with E-state index in [0.29, 0.717) is 17.4 Å². The smallest absolute Gasteiger partial charge is 0.259 e. The number of aliphatic imine (C=N–C) groups is 1. The van der Waals surface area contributed by atoms with Gasteiger partial charge >= 0.3 is 17.1 Å². The van der Waals surface area contributed by atoms with Crippen molar-refractivity contribution in [3.8, 4) is 0 Å². The molecule has 18 heavy (non-hydrogen) atoms. The molecule has 1 unspecified atom stereocenters. The third-order valence-corrected chi connectivity index (χ3v) is 2.44. The van der Waals surface area contributed by atoms with Gasteiger partial charge in [-0.1, -0.05) is 19.8 Å². The number of unbranched alkanes of at least 4 members (excludes halogenated alkanes) is 2. The zero-order chi connectivity index (χ0) is 13.5. The van der Waals surface area contributed by atoms with Crippen LogP contribution in [0.5, 0.6) is 0 Å². The molecule has 0 fully saturated rings. The minimum absolute atomic E-state index is 0.359. The molecule has 0 aromatic carbocycles. The molecule has 8 heteroatoms. The van der Waals surface area contributed by atoms with Gasteiger partial charge in [0.25, 0.3) is 0 Å². The van der Waals surface area contributed by atoms with Crippen LogP contribution in [0.15, 0.2) is 19.4 Å². The Morgan fingerprint density at radius 1 is 1.22 bits per heavy atom. The molecule has 1 heterocycles. The molecule has 0 bridgehead atoms. The van der Waals surface area contributed by atoms with Crippen molar-refractivity contribution in [3.05, 3.63) is 31.5 Å². The van der Waals surface area contributed by atoms with Crippen molar-refractivity contribution in [1.29, 1.82) is 0 Å². The summed E-state index contributed by atoms with van der Waals surface area (Å²) in [5.74, 6) is 0. The minimum atomic E-state index is -0.929. The van der Waals surface area contributed by atoms with Crippen molar-refractivity contribution in [3.63, 3.8) is 0 Å². The van der Waals surface area contributed by atoms with E-state index in [1.807, 2.05) is 16.9 Å². The van der Waals surface area contributed by atoms with Gasteiger partial charge in [-0.2, -0.15) is 4.99 Å². The van der Waals surface area contributed by atoms with E-state index in [0.717, 1.165) is 12.8 Å². The highest BCUT2D eigenvalue weighted by Gasteiger charge is 2.14. The second-order valence-electron chi connectivity index (χ2n) is 3.76. The fourth-order valence-electron chi connectivity index (χ4n) is 1.60. The van der Waals surface area contributed by atoms with E-state index in [4.69, 9.17) is 0 Å². The van der Waals surface area contributed by atoms with Crippen molar-refractivity contribution in [2.75, 3.05) is 0 Å². The van der Waals surface area contributed by atoms with Crippen LogP contribution < -0.4 is 17.1 Å². The summed E-state index contributed by atoms with van der Waals surface area (Å²) in [6.45, 7) is 2.00. The number of nitrogens with zero attached hydrogens (tertiary/aromatic N) is 2. The monoisotopic (exact) mass is 254 g/mol. The second kappa shape index (κ2) is 6.51. The summed E-state index contributed by atoms with van der Waals surface area (Å²) in [5.41, 5.74) is -2.66. The SMILES string of the molecule is CCCCCC(N=C=O)n1c(=O)[nH]c(=O)[nH]c1=O. The number of rotatable bonds is 6. The average Bonchev–Trinajstić information content (AvgIpc) is 2.28. The summed E-state index contributed by atoms with van der Waals surface area (Å²) in [6.07, 6.45) is 3.31. The molecule has 0 spiro atoms. The second-order valence-corrected chi connectivity index (χ2v) is 3.76. The first-order chi connectivity index (χ1) is 8.60. The number of aromatic amines is 2. The molecule has 0 aliphatic heterocycles. The van der Waals surface area contributed by atoms with Gasteiger partial charge in [-0.3, -0.25) is 9.97 Å². The van der Waals surface area contributed by atoms with Gasteiger partial charge in [0.1, 0.15) is 6.17 Å².